The number of aryl methyl sites for hydroxylation is 1. The van der Waals surface area contributed by atoms with Gasteiger partial charge in [-0.05, 0) is 37.6 Å². The van der Waals surface area contributed by atoms with Crippen molar-refractivity contribution in [3.63, 3.8) is 0 Å². The first kappa shape index (κ1) is 10.7. The molecule has 3 nitrogen and oxygen atoms in total. The van der Waals surface area contributed by atoms with E-state index in [1.807, 2.05) is 41.9 Å². The van der Waals surface area contributed by atoms with Crippen LogP contribution in [0.2, 0.25) is 0 Å². The van der Waals surface area contributed by atoms with E-state index < -0.39 is 0 Å². The topological polar surface area (TPSA) is 27.1 Å². The van der Waals surface area contributed by atoms with Crippen molar-refractivity contribution >= 4 is 0 Å². The van der Waals surface area contributed by atoms with Crippen LogP contribution in [-0.4, -0.2) is 16.9 Å². The molecule has 83 valence electrons. The molecule has 16 heavy (non-hydrogen) atoms. The Morgan fingerprint density at radius 1 is 1.31 bits per heavy atom. The summed E-state index contributed by atoms with van der Waals surface area (Å²) >= 11 is 0. The van der Waals surface area contributed by atoms with Crippen molar-refractivity contribution in [1.29, 1.82) is 0 Å². The molecule has 2 aromatic rings. The van der Waals surface area contributed by atoms with Crippen LogP contribution in [0.25, 0.3) is 0 Å². The summed E-state index contributed by atoms with van der Waals surface area (Å²) in [5.74, 6) is 0.874. The zero-order valence-electron chi connectivity index (χ0n) is 9.60. The molecule has 3 heteroatoms. The quantitative estimate of drug-likeness (QED) is 0.786. The monoisotopic (exact) mass is 215 g/mol. The Morgan fingerprint density at radius 2 is 2.00 bits per heavy atom. The van der Waals surface area contributed by atoms with Gasteiger partial charge in [0.25, 0.3) is 0 Å². The lowest BCUT2D eigenvalue weighted by molar-refractivity contribution is 0.414. The first-order valence-electron chi connectivity index (χ1n) is 5.18. The second-order valence-corrected chi connectivity index (χ2v) is 3.78. The molecular formula is C13H15N2O. The van der Waals surface area contributed by atoms with Crippen LogP contribution in [0.1, 0.15) is 17.0 Å². The predicted molar refractivity (Wildman–Crippen MR) is 63.5 cm³/mol. The molecule has 1 aromatic carbocycles. The van der Waals surface area contributed by atoms with Gasteiger partial charge in [-0.1, -0.05) is 12.1 Å². The molecular weight excluding hydrogens is 200 g/mol. The maximum atomic E-state index is 5.11. The third-order valence-corrected chi connectivity index (χ3v) is 2.52. The van der Waals surface area contributed by atoms with Gasteiger partial charge in [0.1, 0.15) is 5.75 Å². The highest BCUT2D eigenvalue weighted by Crippen LogP contribution is 2.13. The second-order valence-electron chi connectivity index (χ2n) is 3.78. The molecule has 0 fully saturated rings. The van der Waals surface area contributed by atoms with Gasteiger partial charge >= 0.3 is 0 Å². The molecule has 1 aromatic heterocycles. The van der Waals surface area contributed by atoms with E-state index in [0.29, 0.717) is 0 Å². The van der Waals surface area contributed by atoms with E-state index in [2.05, 4.69) is 12.0 Å². The minimum atomic E-state index is 0.769. The average Bonchev–Trinajstić information content (AvgIpc) is 2.59. The molecule has 0 saturated carbocycles. The number of ether oxygens (including phenoxy) is 1. The molecule has 0 N–H and O–H groups in total. The molecule has 0 spiro atoms. The van der Waals surface area contributed by atoms with Crippen molar-refractivity contribution in [3.8, 4) is 5.75 Å². The van der Waals surface area contributed by atoms with Crippen molar-refractivity contribution in [2.45, 2.75) is 13.5 Å². The third-order valence-electron chi connectivity index (χ3n) is 2.52. The largest absolute Gasteiger partial charge is 0.497 e. The zero-order valence-corrected chi connectivity index (χ0v) is 9.60. The fourth-order valence-electron chi connectivity index (χ4n) is 1.64. The normalized spacial score (nSPS) is 10.4. The molecule has 0 bridgehead atoms. The highest BCUT2D eigenvalue weighted by Gasteiger charge is 2.01. The zero-order chi connectivity index (χ0) is 11.5. The van der Waals surface area contributed by atoms with Crippen molar-refractivity contribution in [2.24, 2.45) is 0 Å². The van der Waals surface area contributed by atoms with Crippen LogP contribution in [0.3, 0.4) is 0 Å². The van der Waals surface area contributed by atoms with E-state index in [0.717, 1.165) is 23.7 Å². The first-order chi connectivity index (χ1) is 7.69. The average molecular weight is 215 g/mol. The summed E-state index contributed by atoms with van der Waals surface area (Å²) < 4.78 is 7.06. The van der Waals surface area contributed by atoms with Crippen LogP contribution in [0.5, 0.6) is 5.75 Å². The highest BCUT2D eigenvalue weighted by molar-refractivity contribution is 5.27. The standard InChI is InChI=1S/C13H15N2O/c1-10-8-11(2)15(14-10)9-12-4-6-13(16-3)7-5-12/h4-8H,1,9H2,2-3H3. The number of methoxy groups -OCH3 is 1. The predicted octanol–water partition coefficient (Wildman–Crippen LogP) is 2.43. The molecule has 0 aliphatic carbocycles. The van der Waals surface area contributed by atoms with Crippen molar-refractivity contribution in [2.75, 3.05) is 7.11 Å². The number of nitrogens with zero attached hydrogens (tertiary/aromatic N) is 2. The summed E-state index contributed by atoms with van der Waals surface area (Å²) in [6.45, 7) is 6.62. The summed E-state index contributed by atoms with van der Waals surface area (Å²) in [5.41, 5.74) is 3.14. The number of benzene rings is 1. The number of rotatable bonds is 3. The molecule has 0 amide bonds. The number of hydrogen-bond donors (Lipinski definition) is 0. The van der Waals surface area contributed by atoms with Gasteiger partial charge in [-0.25, -0.2) is 0 Å². The van der Waals surface area contributed by atoms with Crippen LogP contribution in [0.15, 0.2) is 30.3 Å². The molecule has 0 aliphatic heterocycles. The van der Waals surface area contributed by atoms with E-state index in [9.17, 15) is 0 Å². The number of aromatic nitrogens is 2. The van der Waals surface area contributed by atoms with Gasteiger partial charge in [0.05, 0.1) is 19.3 Å². The Bertz CT molecular complexity index is 471. The van der Waals surface area contributed by atoms with Crippen molar-refractivity contribution < 1.29 is 4.74 Å². The minimum absolute atomic E-state index is 0.769. The van der Waals surface area contributed by atoms with Gasteiger partial charge in [-0.15, -0.1) is 0 Å². The van der Waals surface area contributed by atoms with Gasteiger partial charge in [-0.2, -0.15) is 5.10 Å². The summed E-state index contributed by atoms with van der Waals surface area (Å²) in [6.07, 6.45) is 0. The van der Waals surface area contributed by atoms with Gasteiger partial charge in [0.2, 0.25) is 0 Å². The summed E-state index contributed by atoms with van der Waals surface area (Å²) in [4.78, 5) is 0. The lowest BCUT2D eigenvalue weighted by atomic mass is 10.2. The first-order valence-corrected chi connectivity index (χ1v) is 5.18. The molecule has 0 aliphatic rings. The molecule has 2 rings (SSSR count). The molecule has 1 heterocycles. The number of hydrogen-bond acceptors (Lipinski definition) is 2. The lowest BCUT2D eigenvalue weighted by Crippen LogP contribution is -2.03. The fraction of sp³-hybridized carbons (Fsp3) is 0.231. The van der Waals surface area contributed by atoms with E-state index in [1.54, 1.807) is 7.11 Å². The maximum Gasteiger partial charge on any atom is 0.118 e. The Kier molecular flexibility index (Phi) is 2.95. The lowest BCUT2D eigenvalue weighted by Gasteiger charge is -2.05. The SMILES string of the molecule is [CH2]c1cc(C)n(Cc2ccc(OC)cc2)n1. The summed E-state index contributed by atoms with van der Waals surface area (Å²) in [7, 11) is 1.67. The fourth-order valence-corrected chi connectivity index (χ4v) is 1.64. The summed E-state index contributed by atoms with van der Waals surface area (Å²) in [5, 5.41) is 4.32. The van der Waals surface area contributed by atoms with Gasteiger partial charge in [0.15, 0.2) is 0 Å². The Balaban J connectivity index is 2.17. The van der Waals surface area contributed by atoms with Crippen LogP contribution in [0, 0.1) is 13.8 Å². The Hall–Kier alpha value is -1.77. The van der Waals surface area contributed by atoms with E-state index >= 15 is 0 Å². The maximum absolute atomic E-state index is 5.11. The van der Waals surface area contributed by atoms with Gasteiger partial charge in [-0.3, -0.25) is 4.68 Å². The van der Waals surface area contributed by atoms with Crippen molar-refractivity contribution in [3.05, 3.63) is 54.2 Å². The van der Waals surface area contributed by atoms with E-state index in [-0.39, 0.29) is 0 Å². The Morgan fingerprint density at radius 3 is 2.50 bits per heavy atom. The van der Waals surface area contributed by atoms with Crippen LogP contribution >= 0.6 is 0 Å². The molecule has 1 radical (unpaired) electrons. The van der Waals surface area contributed by atoms with Gasteiger partial charge < -0.3 is 4.74 Å². The molecule has 0 saturated heterocycles. The van der Waals surface area contributed by atoms with Crippen LogP contribution in [-0.2, 0) is 6.54 Å². The van der Waals surface area contributed by atoms with E-state index in [4.69, 9.17) is 4.74 Å². The summed E-state index contributed by atoms with van der Waals surface area (Å²) in [6, 6.07) is 9.98. The molecule has 0 atom stereocenters. The minimum Gasteiger partial charge on any atom is -0.497 e. The van der Waals surface area contributed by atoms with Crippen molar-refractivity contribution in [1.82, 2.24) is 9.78 Å². The van der Waals surface area contributed by atoms with Gasteiger partial charge in [0, 0.05) is 5.69 Å². The second kappa shape index (κ2) is 4.39. The molecule has 0 unspecified atom stereocenters. The Labute approximate surface area is 95.7 Å². The van der Waals surface area contributed by atoms with Crippen LogP contribution < -0.4 is 4.74 Å². The van der Waals surface area contributed by atoms with E-state index in [1.165, 1.54) is 5.56 Å². The smallest absolute Gasteiger partial charge is 0.118 e. The third kappa shape index (κ3) is 2.24. The highest BCUT2D eigenvalue weighted by atomic mass is 16.5. The van der Waals surface area contributed by atoms with Crippen LogP contribution in [0.4, 0.5) is 0 Å².